The zero-order valence-electron chi connectivity index (χ0n) is 10.3. The molecule has 0 saturated carbocycles. The quantitative estimate of drug-likeness (QED) is 0.725. The Kier molecular flexibility index (Phi) is 7.36. The average molecular weight is 292 g/mol. The lowest BCUT2D eigenvalue weighted by atomic mass is 10.1. The number of rotatable bonds is 7. The van der Waals surface area contributed by atoms with E-state index < -0.39 is 0 Å². The van der Waals surface area contributed by atoms with Gasteiger partial charge in [0.2, 0.25) is 0 Å². The molecule has 4 heteroatoms. The van der Waals surface area contributed by atoms with E-state index in [1.165, 1.54) is 12.2 Å². The molecule has 0 aromatic heterocycles. The number of hydrogen-bond donors (Lipinski definition) is 1. The SMILES string of the molecule is CCCSCC(NCC)c1ccc(Cl)cc1Cl. The molecule has 0 saturated heterocycles. The lowest BCUT2D eigenvalue weighted by Crippen LogP contribution is -2.23. The van der Waals surface area contributed by atoms with Crippen molar-refractivity contribution in [1.82, 2.24) is 5.32 Å². The maximum absolute atomic E-state index is 6.24. The minimum absolute atomic E-state index is 0.307. The van der Waals surface area contributed by atoms with Crippen LogP contribution in [0.25, 0.3) is 0 Å². The molecule has 1 unspecified atom stereocenters. The maximum atomic E-state index is 6.24. The van der Waals surface area contributed by atoms with Gasteiger partial charge in [-0.15, -0.1) is 0 Å². The van der Waals surface area contributed by atoms with Crippen molar-refractivity contribution < 1.29 is 0 Å². The second-order valence-electron chi connectivity index (χ2n) is 3.85. The zero-order chi connectivity index (χ0) is 12.7. The van der Waals surface area contributed by atoms with Crippen LogP contribution >= 0.6 is 35.0 Å². The van der Waals surface area contributed by atoms with Crippen molar-refractivity contribution in [2.24, 2.45) is 0 Å². The summed E-state index contributed by atoms with van der Waals surface area (Å²) in [7, 11) is 0. The van der Waals surface area contributed by atoms with Gasteiger partial charge in [0.1, 0.15) is 0 Å². The third-order valence-electron chi connectivity index (χ3n) is 2.42. The average Bonchev–Trinajstić information content (AvgIpc) is 2.28. The topological polar surface area (TPSA) is 12.0 Å². The minimum atomic E-state index is 0.307. The fraction of sp³-hybridized carbons (Fsp3) is 0.538. The number of thioether (sulfide) groups is 1. The molecule has 0 heterocycles. The van der Waals surface area contributed by atoms with Gasteiger partial charge in [0, 0.05) is 21.8 Å². The van der Waals surface area contributed by atoms with Crippen LogP contribution in [0.4, 0.5) is 0 Å². The Morgan fingerprint density at radius 3 is 2.65 bits per heavy atom. The van der Waals surface area contributed by atoms with Gasteiger partial charge in [-0.3, -0.25) is 0 Å². The molecule has 0 aliphatic carbocycles. The molecule has 1 N–H and O–H groups in total. The molecule has 1 atom stereocenters. The molecular weight excluding hydrogens is 273 g/mol. The second-order valence-corrected chi connectivity index (χ2v) is 5.84. The highest BCUT2D eigenvalue weighted by Crippen LogP contribution is 2.28. The van der Waals surface area contributed by atoms with Gasteiger partial charge in [-0.25, -0.2) is 0 Å². The monoisotopic (exact) mass is 291 g/mol. The maximum Gasteiger partial charge on any atom is 0.0468 e. The molecule has 1 nitrogen and oxygen atoms in total. The van der Waals surface area contributed by atoms with Gasteiger partial charge in [0.15, 0.2) is 0 Å². The first-order valence-electron chi connectivity index (χ1n) is 5.95. The van der Waals surface area contributed by atoms with E-state index in [-0.39, 0.29) is 0 Å². The Labute approximate surface area is 118 Å². The van der Waals surface area contributed by atoms with E-state index in [0.717, 1.165) is 22.9 Å². The normalized spacial score (nSPS) is 12.7. The van der Waals surface area contributed by atoms with Gasteiger partial charge in [0.05, 0.1) is 0 Å². The predicted octanol–water partition coefficient (Wildman–Crippen LogP) is 4.79. The highest BCUT2D eigenvalue weighted by molar-refractivity contribution is 7.99. The largest absolute Gasteiger partial charge is 0.309 e. The molecule has 96 valence electrons. The van der Waals surface area contributed by atoms with E-state index in [1.807, 2.05) is 30.0 Å². The Morgan fingerprint density at radius 2 is 2.06 bits per heavy atom. The summed E-state index contributed by atoms with van der Waals surface area (Å²) in [6.45, 7) is 5.25. The van der Waals surface area contributed by atoms with E-state index in [1.54, 1.807) is 0 Å². The van der Waals surface area contributed by atoms with Crippen LogP contribution in [0, 0.1) is 0 Å². The smallest absolute Gasteiger partial charge is 0.0468 e. The van der Waals surface area contributed by atoms with Crippen LogP contribution in [0.3, 0.4) is 0 Å². The predicted molar refractivity (Wildman–Crippen MR) is 80.5 cm³/mol. The number of nitrogens with one attached hydrogen (secondary N) is 1. The van der Waals surface area contributed by atoms with Gasteiger partial charge in [0.25, 0.3) is 0 Å². The molecule has 0 aliphatic heterocycles. The Bertz CT molecular complexity index is 344. The summed E-state index contributed by atoms with van der Waals surface area (Å²) >= 11 is 14.1. The van der Waals surface area contributed by atoms with Gasteiger partial charge >= 0.3 is 0 Å². The zero-order valence-corrected chi connectivity index (χ0v) is 12.6. The molecule has 1 aromatic carbocycles. The third kappa shape index (κ3) is 5.09. The van der Waals surface area contributed by atoms with Crippen molar-refractivity contribution >= 4 is 35.0 Å². The molecule has 0 aliphatic rings. The van der Waals surface area contributed by atoms with Gasteiger partial charge in [-0.2, -0.15) is 11.8 Å². The number of hydrogen-bond acceptors (Lipinski definition) is 2. The molecule has 0 radical (unpaired) electrons. The lowest BCUT2D eigenvalue weighted by molar-refractivity contribution is 0.606. The first kappa shape index (κ1) is 15.2. The summed E-state index contributed by atoms with van der Waals surface area (Å²) < 4.78 is 0. The van der Waals surface area contributed by atoms with Crippen LogP contribution in [0.5, 0.6) is 0 Å². The van der Waals surface area contributed by atoms with Gasteiger partial charge in [-0.1, -0.05) is 43.1 Å². The van der Waals surface area contributed by atoms with Crippen molar-refractivity contribution in [3.05, 3.63) is 33.8 Å². The minimum Gasteiger partial charge on any atom is -0.309 e. The molecule has 0 fully saturated rings. The highest BCUT2D eigenvalue weighted by Gasteiger charge is 2.13. The van der Waals surface area contributed by atoms with Crippen molar-refractivity contribution in [3.8, 4) is 0 Å². The van der Waals surface area contributed by atoms with Crippen LogP contribution < -0.4 is 5.32 Å². The van der Waals surface area contributed by atoms with E-state index in [4.69, 9.17) is 23.2 Å². The summed E-state index contributed by atoms with van der Waals surface area (Å²) in [5, 5.41) is 4.91. The molecule has 1 aromatic rings. The molecular formula is C13H19Cl2NS. The van der Waals surface area contributed by atoms with E-state index in [9.17, 15) is 0 Å². The number of halogens is 2. The van der Waals surface area contributed by atoms with E-state index >= 15 is 0 Å². The van der Waals surface area contributed by atoms with E-state index in [0.29, 0.717) is 11.1 Å². The van der Waals surface area contributed by atoms with Gasteiger partial charge < -0.3 is 5.32 Å². The van der Waals surface area contributed by atoms with E-state index in [2.05, 4.69) is 19.2 Å². The Hall–Kier alpha value is 0.110. The highest BCUT2D eigenvalue weighted by atomic mass is 35.5. The number of benzene rings is 1. The first-order chi connectivity index (χ1) is 8.19. The summed E-state index contributed by atoms with van der Waals surface area (Å²) in [5.41, 5.74) is 1.14. The van der Waals surface area contributed by atoms with Gasteiger partial charge in [-0.05, 0) is 36.4 Å². The summed E-state index contributed by atoms with van der Waals surface area (Å²) in [6, 6.07) is 6.04. The lowest BCUT2D eigenvalue weighted by Gasteiger charge is -2.19. The van der Waals surface area contributed by atoms with Crippen LogP contribution in [-0.2, 0) is 0 Å². The third-order valence-corrected chi connectivity index (χ3v) is 4.25. The molecule has 1 rings (SSSR count). The van der Waals surface area contributed by atoms with Crippen LogP contribution in [-0.4, -0.2) is 18.1 Å². The second kappa shape index (κ2) is 8.25. The van der Waals surface area contributed by atoms with Crippen molar-refractivity contribution in [3.63, 3.8) is 0 Å². The molecule has 0 amide bonds. The molecule has 0 spiro atoms. The summed E-state index contributed by atoms with van der Waals surface area (Å²) in [4.78, 5) is 0. The Morgan fingerprint density at radius 1 is 1.29 bits per heavy atom. The van der Waals surface area contributed by atoms with Crippen LogP contribution in [0.1, 0.15) is 31.9 Å². The Balaban J connectivity index is 2.74. The summed E-state index contributed by atoms with van der Waals surface area (Å²) in [5.74, 6) is 2.23. The molecule has 0 bridgehead atoms. The van der Waals surface area contributed by atoms with Crippen LogP contribution in [0.15, 0.2) is 18.2 Å². The van der Waals surface area contributed by atoms with Crippen molar-refractivity contribution in [2.75, 3.05) is 18.1 Å². The molecule has 17 heavy (non-hydrogen) atoms. The fourth-order valence-electron chi connectivity index (χ4n) is 1.63. The first-order valence-corrected chi connectivity index (χ1v) is 7.86. The van der Waals surface area contributed by atoms with Crippen molar-refractivity contribution in [2.45, 2.75) is 26.3 Å². The van der Waals surface area contributed by atoms with Crippen molar-refractivity contribution in [1.29, 1.82) is 0 Å². The standard InChI is InChI=1S/C13H19Cl2NS/c1-3-7-17-9-13(16-4-2)11-6-5-10(14)8-12(11)15/h5-6,8,13,16H,3-4,7,9H2,1-2H3. The fourth-order valence-corrected chi connectivity index (χ4v) is 3.16. The summed E-state index contributed by atoms with van der Waals surface area (Å²) in [6.07, 6.45) is 1.21. The van der Waals surface area contributed by atoms with Crippen LogP contribution in [0.2, 0.25) is 10.0 Å².